The SMILES string of the molecule is CCC(CC)c1nc(C)c2c(Oc3cc(OC)c(OC)c(OC)c3)nc(-c3ccc(C)cc3)nn12. The van der Waals surface area contributed by atoms with E-state index in [4.69, 9.17) is 34.0 Å². The summed E-state index contributed by atoms with van der Waals surface area (Å²) >= 11 is 0. The Labute approximate surface area is 205 Å². The second kappa shape index (κ2) is 10.2. The summed E-state index contributed by atoms with van der Waals surface area (Å²) in [6.07, 6.45) is 1.92. The Bertz CT molecular complexity index is 1300. The van der Waals surface area contributed by atoms with Crippen LogP contribution in [-0.4, -0.2) is 40.9 Å². The summed E-state index contributed by atoms with van der Waals surface area (Å²) in [5, 5.41) is 4.90. The quantitative estimate of drug-likeness (QED) is 0.287. The molecule has 0 aliphatic carbocycles. The highest BCUT2D eigenvalue weighted by Crippen LogP contribution is 2.42. The van der Waals surface area contributed by atoms with E-state index in [1.54, 1.807) is 33.5 Å². The molecule has 0 spiro atoms. The molecule has 0 radical (unpaired) electrons. The summed E-state index contributed by atoms with van der Waals surface area (Å²) in [5.74, 6) is 4.13. The third-order valence-electron chi connectivity index (χ3n) is 6.17. The fourth-order valence-corrected chi connectivity index (χ4v) is 4.19. The van der Waals surface area contributed by atoms with Crippen molar-refractivity contribution in [1.29, 1.82) is 0 Å². The minimum atomic E-state index is 0.269. The van der Waals surface area contributed by atoms with Gasteiger partial charge in [-0.1, -0.05) is 43.7 Å². The third-order valence-corrected chi connectivity index (χ3v) is 6.17. The van der Waals surface area contributed by atoms with Crippen molar-refractivity contribution in [3.63, 3.8) is 0 Å². The van der Waals surface area contributed by atoms with Gasteiger partial charge < -0.3 is 18.9 Å². The van der Waals surface area contributed by atoms with E-state index < -0.39 is 0 Å². The highest BCUT2D eigenvalue weighted by atomic mass is 16.5. The molecule has 0 bridgehead atoms. The Hall–Kier alpha value is -3.81. The zero-order valence-electron chi connectivity index (χ0n) is 21.4. The fourth-order valence-electron chi connectivity index (χ4n) is 4.19. The van der Waals surface area contributed by atoms with Gasteiger partial charge >= 0.3 is 0 Å². The van der Waals surface area contributed by atoms with Crippen LogP contribution in [0.15, 0.2) is 36.4 Å². The Morgan fingerprint density at radius 2 is 1.49 bits per heavy atom. The lowest BCUT2D eigenvalue weighted by Crippen LogP contribution is -2.08. The average molecular weight is 477 g/mol. The molecule has 2 heterocycles. The fraction of sp³-hybridized carbons (Fsp3) is 0.370. The molecule has 35 heavy (non-hydrogen) atoms. The number of rotatable bonds is 9. The van der Waals surface area contributed by atoms with Crippen LogP contribution in [0.2, 0.25) is 0 Å². The number of benzene rings is 2. The summed E-state index contributed by atoms with van der Waals surface area (Å²) in [6.45, 7) is 8.34. The molecule has 0 saturated heterocycles. The zero-order valence-corrected chi connectivity index (χ0v) is 21.4. The summed E-state index contributed by atoms with van der Waals surface area (Å²) in [7, 11) is 4.71. The first kappa shape index (κ1) is 24.3. The predicted molar refractivity (Wildman–Crippen MR) is 135 cm³/mol. The van der Waals surface area contributed by atoms with E-state index in [0.717, 1.165) is 35.4 Å². The number of ether oxygens (including phenoxy) is 4. The van der Waals surface area contributed by atoms with Gasteiger partial charge in [0, 0.05) is 23.6 Å². The molecule has 0 atom stereocenters. The smallest absolute Gasteiger partial charge is 0.249 e. The molecular weight excluding hydrogens is 444 g/mol. The highest BCUT2D eigenvalue weighted by molar-refractivity contribution is 5.66. The lowest BCUT2D eigenvalue weighted by Gasteiger charge is -2.15. The van der Waals surface area contributed by atoms with Crippen LogP contribution in [0, 0.1) is 13.8 Å². The Morgan fingerprint density at radius 1 is 0.857 bits per heavy atom. The van der Waals surface area contributed by atoms with Crippen molar-refractivity contribution < 1.29 is 18.9 Å². The number of hydrogen-bond donors (Lipinski definition) is 0. The second-order valence-electron chi connectivity index (χ2n) is 8.40. The van der Waals surface area contributed by atoms with Crippen molar-refractivity contribution in [2.75, 3.05) is 21.3 Å². The molecule has 0 fully saturated rings. The van der Waals surface area contributed by atoms with E-state index in [0.29, 0.717) is 34.7 Å². The number of nitrogens with zero attached hydrogens (tertiary/aromatic N) is 4. The minimum absolute atomic E-state index is 0.269. The van der Waals surface area contributed by atoms with Gasteiger partial charge in [-0.3, -0.25) is 0 Å². The summed E-state index contributed by atoms with van der Waals surface area (Å²) in [5.41, 5.74) is 3.61. The third kappa shape index (κ3) is 4.60. The molecule has 2 aromatic carbocycles. The highest BCUT2D eigenvalue weighted by Gasteiger charge is 2.23. The van der Waals surface area contributed by atoms with Crippen molar-refractivity contribution >= 4 is 5.52 Å². The lowest BCUT2D eigenvalue weighted by molar-refractivity contribution is 0.320. The van der Waals surface area contributed by atoms with Gasteiger partial charge in [0.15, 0.2) is 22.8 Å². The number of aromatic nitrogens is 4. The van der Waals surface area contributed by atoms with Gasteiger partial charge in [0.25, 0.3) is 0 Å². The van der Waals surface area contributed by atoms with Crippen molar-refractivity contribution in [3.05, 3.63) is 53.5 Å². The monoisotopic (exact) mass is 476 g/mol. The van der Waals surface area contributed by atoms with Crippen LogP contribution in [0.25, 0.3) is 16.9 Å². The molecule has 0 amide bonds. The van der Waals surface area contributed by atoms with Gasteiger partial charge in [-0.2, -0.15) is 4.98 Å². The predicted octanol–water partition coefficient (Wildman–Crippen LogP) is 6.13. The first-order chi connectivity index (χ1) is 16.9. The van der Waals surface area contributed by atoms with Crippen LogP contribution < -0.4 is 18.9 Å². The topological polar surface area (TPSA) is 80.0 Å². The Kier molecular flexibility index (Phi) is 7.10. The van der Waals surface area contributed by atoms with E-state index in [9.17, 15) is 0 Å². The maximum Gasteiger partial charge on any atom is 0.249 e. The normalized spacial score (nSPS) is 11.2. The second-order valence-corrected chi connectivity index (χ2v) is 8.40. The summed E-state index contributed by atoms with van der Waals surface area (Å²) in [4.78, 5) is 9.72. The maximum absolute atomic E-state index is 6.38. The first-order valence-electron chi connectivity index (χ1n) is 11.8. The van der Waals surface area contributed by atoms with Crippen LogP contribution in [0.3, 0.4) is 0 Å². The lowest BCUT2D eigenvalue weighted by atomic mass is 10.0. The van der Waals surface area contributed by atoms with Gasteiger partial charge in [-0.05, 0) is 26.7 Å². The minimum Gasteiger partial charge on any atom is -0.493 e. The number of fused-ring (bicyclic) bond motifs is 1. The zero-order chi connectivity index (χ0) is 25.1. The van der Waals surface area contributed by atoms with Crippen LogP contribution in [0.5, 0.6) is 28.9 Å². The summed E-state index contributed by atoms with van der Waals surface area (Å²) in [6, 6.07) is 11.6. The average Bonchev–Trinajstić information content (AvgIpc) is 3.20. The molecule has 4 rings (SSSR count). The molecule has 184 valence electrons. The molecule has 4 aromatic rings. The van der Waals surface area contributed by atoms with Gasteiger partial charge in [0.2, 0.25) is 11.6 Å². The van der Waals surface area contributed by atoms with E-state index in [1.165, 1.54) is 5.56 Å². The molecule has 8 heteroatoms. The number of methoxy groups -OCH3 is 3. The Morgan fingerprint density at radius 3 is 2.03 bits per heavy atom. The van der Waals surface area contributed by atoms with Crippen LogP contribution in [0.4, 0.5) is 0 Å². The van der Waals surface area contributed by atoms with Crippen LogP contribution >= 0.6 is 0 Å². The van der Waals surface area contributed by atoms with E-state index in [2.05, 4.69) is 20.8 Å². The number of hydrogen-bond acceptors (Lipinski definition) is 7. The van der Waals surface area contributed by atoms with Crippen molar-refractivity contribution in [2.24, 2.45) is 0 Å². The van der Waals surface area contributed by atoms with Crippen LogP contribution in [0.1, 0.15) is 49.7 Å². The van der Waals surface area contributed by atoms with Gasteiger partial charge in [-0.15, -0.1) is 5.10 Å². The number of aryl methyl sites for hydroxylation is 2. The Balaban J connectivity index is 1.93. The standard InChI is InChI=1S/C27H32N4O4/c1-8-18(9-2)26-28-17(4)23-27(29-25(30-31(23)26)19-12-10-16(3)11-13-19)35-20-14-21(32-5)24(34-7)22(15-20)33-6/h10-15,18H,8-9H2,1-7H3. The maximum atomic E-state index is 6.38. The van der Waals surface area contributed by atoms with Gasteiger partial charge in [0.05, 0.1) is 27.0 Å². The molecule has 0 aliphatic heterocycles. The molecule has 0 N–H and O–H groups in total. The number of imidazole rings is 1. The largest absolute Gasteiger partial charge is 0.493 e. The summed E-state index contributed by atoms with van der Waals surface area (Å²) < 4.78 is 24.7. The molecule has 0 aliphatic rings. The molecule has 0 saturated carbocycles. The van der Waals surface area contributed by atoms with Crippen molar-refractivity contribution in [3.8, 4) is 40.3 Å². The molecule has 0 unspecified atom stereocenters. The molecule has 8 nitrogen and oxygen atoms in total. The van der Waals surface area contributed by atoms with E-state index in [-0.39, 0.29) is 5.92 Å². The first-order valence-corrected chi connectivity index (χ1v) is 11.8. The molecule has 2 aromatic heterocycles. The van der Waals surface area contributed by atoms with Crippen molar-refractivity contribution in [1.82, 2.24) is 19.6 Å². The van der Waals surface area contributed by atoms with Crippen molar-refractivity contribution in [2.45, 2.75) is 46.5 Å². The van der Waals surface area contributed by atoms with E-state index in [1.807, 2.05) is 35.7 Å². The van der Waals surface area contributed by atoms with Gasteiger partial charge in [-0.25, -0.2) is 9.50 Å². The molecular formula is C27H32N4O4. The van der Waals surface area contributed by atoms with E-state index >= 15 is 0 Å². The van der Waals surface area contributed by atoms with Crippen LogP contribution in [-0.2, 0) is 0 Å². The van der Waals surface area contributed by atoms with Gasteiger partial charge in [0.1, 0.15) is 11.6 Å².